The van der Waals surface area contributed by atoms with Gasteiger partial charge in [-0.2, -0.15) is 0 Å². The Kier molecular flexibility index (Phi) is 5.07. The van der Waals surface area contributed by atoms with Gasteiger partial charge in [0.25, 0.3) is 11.8 Å². The van der Waals surface area contributed by atoms with E-state index in [9.17, 15) is 18.4 Å². The summed E-state index contributed by atoms with van der Waals surface area (Å²) < 4.78 is 26.2. The summed E-state index contributed by atoms with van der Waals surface area (Å²) in [5, 5.41) is 7.78. The largest absolute Gasteiger partial charge is 0.352 e. The Bertz CT molecular complexity index is 563. The van der Waals surface area contributed by atoms with Gasteiger partial charge in [0.1, 0.15) is 0 Å². The maximum absolute atomic E-state index is 13.1. The fourth-order valence-electron chi connectivity index (χ4n) is 2.21. The molecule has 0 aromatic heterocycles. The van der Waals surface area contributed by atoms with Gasteiger partial charge in [-0.15, -0.1) is 0 Å². The van der Waals surface area contributed by atoms with Crippen molar-refractivity contribution in [2.75, 3.05) is 18.4 Å². The molecule has 1 aromatic carbocycles. The monoisotopic (exact) mass is 311 g/mol. The predicted octanol–water partition coefficient (Wildman–Crippen LogP) is 1.76. The van der Waals surface area contributed by atoms with Gasteiger partial charge in [-0.3, -0.25) is 14.9 Å². The maximum Gasteiger partial charge on any atom is 0.262 e. The highest BCUT2D eigenvalue weighted by atomic mass is 19.3. The van der Waals surface area contributed by atoms with E-state index in [4.69, 9.17) is 0 Å². The maximum atomic E-state index is 13.1. The van der Waals surface area contributed by atoms with E-state index in [1.807, 2.05) is 6.92 Å². The van der Waals surface area contributed by atoms with Crippen LogP contribution >= 0.6 is 0 Å². The molecule has 1 unspecified atom stereocenters. The van der Waals surface area contributed by atoms with Gasteiger partial charge < -0.3 is 10.6 Å². The minimum Gasteiger partial charge on any atom is -0.352 e. The molecule has 2 amide bonds. The second-order valence-electron chi connectivity index (χ2n) is 5.32. The molecule has 7 heteroatoms. The van der Waals surface area contributed by atoms with E-state index in [1.54, 1.807) is 18.2 Å². The van der Waals surface area contributed by atoms with Crippen LogP contribution in [0.3, 0.4) is 0 Å². The van der Waals surface area contributed by atoms with E-state index in [0.29, 0.717) is 17.8 Å². The lowest BCUT2D eigenvalue weighted by atomic mass is 10.1. The summed E-state index contributed by atoms with van der Waals surface area (Å²) in [6.45, 7) is 2.02. The van der Waals surface area contributed by atoms with Gasteiger partial charge in [-0.05, 0) is 24.6 Å². The highest BCUT2D eigenvalue weighted by Gasteiger charge is 2.42. The van der Waals surface area contributed by atoms with Gasteiger partial charge in [0.2, 0.25) is 5.91 Å². The lowest BCUT2D eigenvalue weighted by molar-refractivity contribution is -0.118. The second-order valence-corrected chi connectivity index (χ2v) is 5.32. The summed E-state index contributed by atoms with van der Waals surface area (Å²) in [5.74, 6) is -3.61. The Morgan fingerprint density at radius 1 is 1.41 bits per heavy atom. The third-order valence-corrected chi connectivity index (χ3v) is 3.35. The first-order valence-electron chi connectivity index (χ1n) is 7.21. The van der Waals surface area contributed by atoms with Gasteiger partial charge >= 0.3 is 0 Å². The summed E-state index contributed by atoms with van der Waals surface area (Å²) in [5.41, 5.74) is 0.821. The normalized spacial score (nSPS) is 19.7. The van der Waals surface area contributed by atoms with Crippen LogP contribution in [0.4, 0.5) is 14.5 Å². The number of halogens is 2. The molecule has 1 aromatic rings. The zero-order valence-corrected chi connectivity index (χ0v) is 12.3. The molecule has 0 aliphatic carbocycles. The van der Waals surface area contributed by atoms with E-state index >= 15 is 0 Å². The smallest absolute Gasteiger partial charge is 0.262 e. The minimum atomic E-state index is -2.86. The number of benzene rings is 1. The number of nitrogens with one attached hydrogen (secondary N) is 3. The highest BCUT2D eigenvalue weighted by molar-refractivity contribution is 5.98. The fraction of sp³-hybridized carbons (Fsp3) is 0.467. The summed E-state index contributed by atoms with van der Waals surface area (Å²) in [4.78, 5) is 23.8. The summed E-state index contributed by atoms with van der Waals surface area (Å²) >= 11 is 0. The average Bonchev–Trinajstić information content (AvgIpc) is 2.85. The van der Waals surface area contributed by atoms with Crippen LogP contribution in [0.25, 0.3) is 0 Å². The van der Waals surface area contributed by atoms with Crippen molar-refractivity contribution in [1.29, 1.82) is 0 Å². The van der Waals surface area contributed by atoms with Crippen LogP contribution in [0, 0.1) is 0 Å². The third-order valence-electron chi connectivity index (χ3n) is 3.35. The first-order chi connectivity index (χ1) is 10.4. The van der Waals surface area contributed by atoms with E-state index in [0.717, 1.165) is 6.42 Å². The van der Waals surface area contributed by atoms with Crippen LogP contribution in [-0.2, 0) is 4.79 Å². The Morgan fingerprint density at radius 2 is 2.18 bits per heavy atom. The number of carbonyl (C=O) groups is 2. The van der Waals surface area contributed by atoms with Crippen LogP contribution in [0.1, 0.15) is 30.1 Å². The van der Waals surface area contributed by atoms with Crippen LogP contribution in [0.15, 0.2) is 24.3 Å². The topological polar surface area (TPSA) is 70.2 Å². The van der Waals surface area contributed by atoms with E-state index in [1.165, 1.54) is 6.07 Å². The van der Waals surface area contributed by atoms with E-state index in [-0.39, 0.29) is 5.91 Å². The van der Waals surface area contributed by atoms with Crippen molar-refractivity contribution < 1.29 is 18.4 Å². The van der Waals surface area contributed by atoms with Crippen molar-refractivity contribution >= 4 is 17.5 Å². The Labute approximate surface area is 127 Å². The third kappa shape index (κ3) is 4.24. The zero-order valence-electron chi connectivity index (χ0n) is 12.3. The van der Waals surface area contributed by atoms with Crippen molar-refractivity contribution in [3.8, 4) is 0 Å². The number of amides is 2. The molecule has 0 saturated carbocycles. The first kappa shape index (κ1) is 16.4. The quantitative estimate of drug-likeness (QED) is 0.776. The molecule has 1 aliphatic rings. The van der Waals surface area contributed by atoms with Gasteiger partial charge in [0, 0.05) is 24.2 Å². The van der Waals surface area contributed by atoms with Gasteiger partial charge in [0.15, 0.2) is 0 Å². The fourth-order valence-corrected chi connectivity index (χ4v) is 2.21. The van der Waals surface area contributed by atoms with Crippen LogP contribution in [0.5, 0.6) is 0 Å². The summed E-state index contributed by atoms with van der Waals surface area (Å²) in [6, 6.07) is 5.47. The van der Waals surface area contributed by atoms with Gasteiger partial charge in [-0.25, -0.2) is 8.78 Å². The standard InChI is InChI=1S/C15H19F2N3O2/c1-2-6-18-13(21)10-4-3-5-11(7-10)20-14(22)12-8-15(16,17)9-19-12/h3-5,7,12,19H,2,6,8-9H2,1H3,(H,18,21)(H,20,22). The van der Waals surface area contributed by atoms with Crippen molar-refractivity contribution in [3.63, 3.8) is 0 Å². The number of carbonyl (C=O) groups excluding carboxylic acids is 2. The number of rotatable bonds is 5. The predicted molar refractivity (Wildman–Crippen MR) is 79.1 cm³/mol. The molecule has 0 bridgehead atoms. The SMILES string of the molecule is CCCNC(=O)c1cccc(NC(=O)C2CC(F)(F)CN2)c1. The van der Waals surface area contributed by atoms with E-state index in [2.05, 4.69) is 16.0 Å². The molecule has 22 heavy (non-hydrogen) atoms. The van der Waals surface area contributed by atoms with Crippen LogP contribution < -0.4 is 16.0 Å². The first-order valence-corrected chi connectivity index (χ1v) is 7.21. The number of alkyl halides is 2. The molecule has 1 heterocycles. The van der Waals surface area contributed by atoms with Crippen LogP contribution in [-0.4, -0.2) is 36.9 Å². The van der Waals surface area contributed by atoms with Crippen molar-refractivity contribution in [1.82, 2.24) is 10.6 Å². The molecule has 1 atom stereocenters. The molecule has 0 spiro atoms. The molecule has 1 saturated heterocycles. The molecule has 3 N–H and O–H groups in total. The molecule has 2 rings (SSSR count). The van der Waals surface area contributed by atoms with Gasteiger partial charge in [0.05, 0.1) is 12.6 Å². The lowest BCUT2D eigenvalue weighted by Gasteiger charge is -2.12. The average molecular weight is 311 g/mol. The molecule has 1 aliphatic heterocycles. The summed E-state index contributed by atoms with van der Waals surface area (Å²) in [7, 11) is 0. The number of hydrogen-bond acceptors (Lipinski definition) is 3. The highest BCUT2D eigenvalue weighted by Crippen LogP contribution is 2.25. The summed E-state index contributed by atoms with van der Waals surface area (Å²) in [6.07, 6.45) is 0.305. The lowest BCUT2D eigenvalue weighted by Crippen LogP contribution is -2.35. The minimum absolute atomic E-state index is 0.233. The molecular weight excluding hydrogens is 292 g/mol. The molecule has 5 nitrogen and oxygen atoms in total. The molecular formula is C15H19F2N3O2. The molecule has 0 radical (unpaired) electrons. The number of hydrogen-bond donors (Lipinski definition) is 3. The second kappa shape index (κ2) is 6.83. The van der Waals surface area contributed by atoms with Crippen molar-refractivity contribution in [3.05, 3.63) is 29.8 Å². The number of anilines is 1. The van der Waals surface area contributed by atoms with Crippen LogP contribution in [0.2, 0.25) is 0 Å². The molecule has 1 fully saturated rings. The Morgan fingerprint density at radius 3 is 2.82 bits per heavy atom. The van der Waals surface area contributed by atoms with Crippen molar-refractivity contribution in [2.45, 2.75) is 31.7 Å². The molecule has 120 valence electrons. The Hall–Kier alpha value is -2.02. The zero-order chi connectivity index (χ0) is 16.2. The van der Waals surface area contributed by atoms with Crippen molar-refractivity contribution in [2.24, 2.45) is 0 Å². The Balaban J connectivity index is 1.98. The van der Waals surface area contributed by atoms with E-state index < -0.39 is 30.8 Å². The van der Waals surface area contributed by atoms with Gasteiger partial charge in [-0.1, -0.05) is 13.0 Å².